The Bertz CT molecular complexity index is 1460. The highest BCUT2D eigenvalue weighted by Gasteiger charge is 2.42. The van der Waals surface area contributed by atoms with Crippen LogP contribution in [0.5, 0.6) is 5.75 Å². The fourth-order valence-electron chi connectivity index (χ4n) is 6.97. The molecule has 1 fully saturated rings. The van der Waals surface area contributed by atoms with Crippen LogP contribution in [0.4, 0.5) is 0 Å². The van der Waals surface area contributed by atoms with E-state index in [-0.39, 0.29) is 35.6 Å². The van der Waals surface area contributed by atoms with Crippen LogP contribution in [0.3, 0.4) is 0 Å². The number of esters is 1. The highest BCUT2D eigenvalue weighted by molar-refractivity contribution is 5.95. The lowest BCUT2D eigenvalue weighted by molar-refractivity contribution is -0.157. The maximum atomic E-state index is 13.1. The monoisotopic (exact) mass is 596 g/mol. The first-order valence-electron chi connectivity index (χ1n) is 16.5. The van der Waals surface area contributed by atoms with Crippen molar-refractivity contribution >= 4 is 22.5 Å². The molecule has 236 valence electrons. The number of carbonyl (C=O) groups is 2. The third-order valence-corrected chi connectivity index (χ3v) is 9.76. The van der Waals surface area contributed by atoms with E-state index in [1.54, 1.807) is 7.11 Å². The second-order valence-electron chi connectivity index (χ2n) is 13.8. The van der Waals surface area contributed by atoms with Crippen LogP contribution >= 0.6 is 0 Å². The van der Waals surface area contributed by atoms with Crippen LogP contribution in [-0.4, -0.2) is 25.0 Å². The molecule has 0 bridgehead atoms. The minimum Gasteiger partial charge on any atom is -0.496 e. The largest absolute Gasteiger partial charge is 0.496 e. The molecule has 0 heterocycles. The Morgan fingerprint density at radius 2 is 1.73 bits per heavy atom. The normalized spacial score (nSPS) is 19.3. The minimum atomic E-state index is -0.382. The molecule has 1 aliphatic rings. The Balaban J connectivity index is 1.30. The molecule has 3 aromatic carbocycles. The second-order valence-corrected chi connectivity index (χ2v) is 13.8. The van der Waals surface area contributed by atoms with Crippen molar-refractivity contribution in [1.29, 1.82) is 0 Å². The third-order valence-electron chi connectivity index (χ3n) is 9.76. The SMILES string of the molecule is COc1c(CC/C=C(\C)CCC(=O)CC(=O)O[C@@H]2C[C@H](C)CC[C@H]2C(C)(C)c2ccc3ccccc3c2)cccc1C(C)C. The molecule has 1 aliphatic carbocycles. The van der Waals surface area contributed by atoms with Gasteiger partial charge in [0.05, 0.1) is 7.11 Å². The summed E-state index contributed by atoms with van der Waals surface area (Å²) in [6.45, 7) is 13.2. The number of para-hydroxylation sites is 1. The molecule has 4 heteroatoms. The van der Waals surface area contributed by atoms with Crippen LogP contribution in [0.2, 0.25) is 0 Å². The van der Waals surface area contributed by atoms with Crippen molar-refractivity contribution in [3.05, 3.63) is 89.0 Å². The van der Waals surface area contributed by atoms with E-state index in [1.807, 2.05) is 0 Å². The van der Waals surface area contributed by atoms with Crippen molar-refractivity contribution in [2.75, 3.05) is 7.11 Å². The van der Waals surface area contributed by atoms with Gasteiger partial charge in [0.1, 0.15) is 24.1 Å². The van der Waals surface area contributed by atoms with Gasteiger partial charge in [-0.25, -0.2) is 0 Å². The van der Waals surface area contributed by atoms with Gasteiger partial charge >= 0.3 is 5.97 Å². The topological polar surface area (TPSA) is 52.6 Å². The molecule has 0 aromatic heterocycles. The molecular formula is C40H52O4. The molecule has 44 heavy (non-hydrogen) atoms. The molecule has 3 aromatic rings. The highest BCUT2D eigenvalue weighted by Crippen LogP contribution is 2.44. The number of rotatable bonds is 13. The number of hydrogen-bond donors (Lipinski definition) is 0. The van der Waals surface area contributed by atoms with Crippen LogP contribution in [0, 0.1) is 11.8 Å². The van der Waals surface area contributed by atoms with E-state index in [0.29, 0.717) is 24.7 Å². The second kappa shape index (κ2) is 15.1. The van der Waals surface area contributed by atoms with Gasteiger partial charge in [0.25, 0.3) is 0 Å². The maximum Gasteiger partial charge on any atom is 0.313 e. The van der Waals surface area contributed by atoms with Gasteiger partial charge in [0.2, 0.25) is 0 Å². The first kappa shape index (κ1) is 33.5. The molecular weight excluding hydrogens is 544 g/mol. The summed E-state index contributed by atoms with van der Waals surface area (Å²) in [5.74, 6) is 1.65. The lowest BCUT2D eigenvalue weighted by atomic mass is 9.64. The Hall–Kier alpha value is -3.40. The zero-order valence-electron chi connectivity index (χ0n) is 28.0. The maximum absolute atomic E-state index is 13.1. The number of ketones is 1. The van der Waals surface area contributed by atoms with Crippen molar-refractivity contribution in [2.45, 2.75) is 110 Å². The van der Waals surface area contributed by atoms with E-state index < -0.39 is 0 Å². The fourth-order valence-corrected chi connectivity index (χ4v) is 6.97. The summed E-state index contributed by atoms with van der Waals surface area (Å²) in [7, 11) is 1.74. The summed E-state index contributed by atoms with van der Waals surface area (Å²) in [6, 6.07) is 21.5. The molecule has 4 nitrogen and oxygen atoms in total. The Kier molecular flexibility index (Phi) is 11.5. The summed E-state index contributed by atoms with van der Waals surface area (Å²) in [6.07, 6.45) is 7.62. The predicted octanol–water partition coefficient (Wildman–Crippen LogP) is 9.92. The molecule has 0 aliphatic heterocycles. The van der Waals surface area contributed by atoms with E-state index >= 15 is 0 Å². The zero-order valence-corrected chi connectivity index (χ0v) is 28.0. The Morgan fingerprint density at radius 1 is 0.977 bits per heavy atom. The van der Waals surface area contributed by atoms with Gasteiger partial charge in [-0.3, -0.25) is 9.59 Å². The highest BCUT2D eigenvalue weighted by atomic mass is 16.5. The van der Waals surface area contributed by atoms with Gasteiger partial charge in [0, 0.05) is 12.3 Å². The van der Waals surface area contributed by atoms with Crippen LogP contribution in [0.25, 0.3) is 10.8 Å². The molecule has 3 atom stereocenters. The first-order chi connectivity index (χ1) is 21.0. The molecule has 0 radical (unpaired) electrons. The Morgan fingerprint density at radius 3 is 2.45 bits per heavy atom. The van der Waals surface area contributed by atoms with E-state index in [9.17, 15) is 9.59 Å². The van der Waals surface area contributed by atoms with Gasteiger partial charge in [-0.05, 0) is 83.7 Å². The summed E-state index contributed by atoms with van der Waals surface area (Å²) >= 11 is 0. The van der Waals surface area contributed by atoms with Crippen molar-refractivity contribution in [1.82, 2.24) is 0 Å². The van der Waals surface area contributed by atoms with Crippen LogP contribution < -0.4 is 4.74 Å². The number of fused-ring (bicyclic) bond motifs is 1. The number of carbonyl (C=O) groups excluding carboxylic acids is 2. The van der Waals surface area contributed by atoms with E-state index in [1.165, 1.54) is 33.0 Å². The van der Waals surface area contributed by atoms with Crippen molar-refractivity contribution < 1.29 is 19.1 Å². The van der Waals surface area contributed by atoms with Gasteiger partial charge < -0.3 is 9.47 Å². The lowest BCUT2D eigenvalue weighted by Crippen LogP contribution is -2.43. The average Bonchev–Trinajstić information content (AvgIpc) is 2.99. The number of ether oxygens (including phenoxy) is 2. The molecule has 4 rings (SSSR count). The van der Waals surface area contributed by atoms with E-state index in [2.05, 4.69) is 108 Å². The van der Waals surface area contributed by atoms with Gasteiger partial charge in [-0.1, -0.05) is 113 Å². The number of aryl methyl sites for hydroxylation is 1. The summed E-state index contributed by atoms with van der Waals surface area (Å²) in [5, 5.41) is 2.46. The Labute approximate surface area is 265 Å². The van der Waals surface area contributed by atoms with Gasteiger partial charge in [-0.2, -0.15) is 0 Å². The number of hydrogen-bond acceptors (Lipinski definition) is 4. The molecule has 1 saturated carbocycles. The van der Waals surface area contributed by atoms with Crippen molar-refractivity contribution in [2.24, 2.45) is 11.8 Å². The number of methoxy groups -OCH3 is 1. The minimum absolute atomic E-state index is 0.0525. The first-order valence-corrected chi connectivity index (χ1v) is 16.5. The third kappa shape index (κ3) is 8.40. The van der Waals surface area contributed by atoms with E-state index in [0.717, 1.165) is 37.9 Å². The van der Waals surface area contributed by atoms with E-state index in [4.69, 9.17) is 9.47 Å². The quantitative estimate of drug-likeness (QED) is 0.112. The molecule has 0 saturated heterocycles. The standard InChI is InChI=1S/C40H52O4/c1-27(2)35-17-11-16-31(39(35)43-7)15-10-12-28(3)18-22-34(41)26-38(42)44-37-24-29(4)19-23-36(37)40(5,6)33-21-20-30-13-8-9-14-32(30)25-33/h8-9,11-14,16-17,20-21,25,27,29,36-37H,10,15,18-19,22-24,26H2,1-7H3/b28-12+/t29-,36-,37-/m1/s1. The van der Waals surface area contributed by atoms with Crippen molar-refractivity contribution in [3.63, 3.8) is 0 Å². The van der Waals surface area contributed by atoms with Crippen LogP contribution in [0.15, 0.2) is 72.3 Å². The van der Waals surface area contributed by atoms with Crippen LogP contribution in [0.1, 0.15) is 109 Å². The molecule has 0 spiro atoms. The van der Waals surface area contributed by atoms with Gasteiger partial charge in [0.15, 0.2) is 0 Å². The average molecular weight is 597 g/mol. The summed E-state index contributed by atoms with van der Waals surface area (Å²) in [4.78, 5) is 25.9. The number of benzene rings is 3. The predicted molar refractivity (Wildman–Crippen MR) is 181 cm³/mol. The zero-order chi connectivity index (χ0) is 31.9. The molecule has 0 N–H and O–H groups in total. The van der Waals surface area contributed by atoms with Gasteiger partial charge in [-0.15, -0.1) is 0 Å². The molecule has 0 unspecified atom stereocenters. The lowest BCUT2D eigenvalue weighted by Gasteiger charge is -2.44. The smallest absolute Gasteiger partial charge is 0.313 e. The summed E-state index contributed by atoms with van der Waals surface area (Å²) < 4.78 is 11.8. The summed E-state index contributed by atoms with van der Waals surface area (Å²) in [5.41, 5.74) is 4.71. The molecule has 0 amide bonds. The fraction of sp³-hybridized carbons (Fsp3) is 0.500. The van der Waals surface area contributed by atoms with Crippen molar-refractivity contribution in [3.8, 4) is 5.75 Å². The number of allylic oxidation sites excluding steroid dienone is 2. The van der Waals surface area contributed by atoms with Crippen LogP contribution in [-0.2, 0) is 26.2 Å². The number of Topliss-reactive ketones (excluding diaryl/α,β-unsaturated/α-hetero) is 1.